The molecule has 1 amide bonds. The van der Waals surface area contributed by atoms with Gasteiger partial charge in [0.05, 0.1) is 42.0 Å². The van der Waals surface area contributed by atoms with Gasteiger partial charge in [0, 0.05) is 44.2 Å². The first-order chi connectivity index (χ1) is 16.2. The van der Waals surface area contributed by atoms with Crippen molar-refractivity contribution in [3.8, 4) is 6.07 Å². The predicted molar refractivity (Wildman–Crippen MR) is 129 cm³/mol. The molecule has 2 aliphatic rings. The Hall–Kier alpha value is -1.16. The molecule has 0 N–H and O–H groups in total. The lowest BCUT2D eigenvalue weighted by Crippen LogP contribution is -2.52. The number of sulfonamides is 1. The van der Waals surface area contributed by atoms with Crippen molar-refractivity contribution in [1.29, 1.82) is 5.26 Å². The van der Waals surface area contributed by atoms with Gasteiger partial charge in [-0.3, -0.25) is 9.69 Å². The molecule has 188 valence electrons. The third-order valence-corrected chi connectivity index (χ3v) is 8.82. The van der Waals surface area contributed by atoms with E-state index in [0.29, 0.717) is 19.5 Å². The molecule has 13 heteroatoms. The van der Waals surface area contributed by atoms with Crippen molar-refractivity contribution >= 4 is 50.7 Å². The number of piperazine rings is 1. The average Bonchev–Trinajstić information content (AvgIpc) is 2.79. The monoisotopic (exact) mass is 552 g/mol. The van der Waals surface area contributed by atoms with Crippen molar-refractivity contribution in [2.45, 2.75) is 23.8 Å². The Morgan fingerprint density at radius 3 is 2.47 bits per heavy atom. The number of benzene rings is 1. The SMILES string of the molecule is N#CCCCN1CCN(C(=O)COC[C@@H]2COCCN2S(=O)(=O)c2c(Cl)cc(Cl)cc2Cl)CC1. The molecule has 2 aliphatic heterocycles. The average molecular weight is 554 g/mol. The van der Waals surface area contributed by atoms with Crippen LogP contribution in [0.25, 0.3) is 0 Å². The third-order valence-electron chi connectivity index (χ3n) is 5.73. The Kier molecular flexibility index (Phi) is 10.2. The maximum atomic E-state index is 13.3. The van der Waals surface area contributed by atoms with Crippen LogP contribution < -0.4 is 0 Å². The molecule has 0 radical (unpaired) electrons. The molecule has 0 bridgehead atoms. The maximum Gasteiger partial charge on any atom is 0.248 e. The summed E-state index contributed by atoms with van der Waals surface area (Å²) in [6.07, 6.45) is 1.35. The highest BCUT2D eigenvalue weighted by Gasteiger charge is 2.37. The van der Waals surface area contributed by atoms with Crippen LogP contribution in [0.5, 0.6) is 0 Å². The first-order valence-electron chi connectivity index (χ1n) is 10.9. The number of rotatable bonds is 9. The second-order valence-corrected chi connectivity index (χ2v) is 11.1. The Bertz CT molecular complexity index is 989. The van der Waals surface area contributed by atoms with E-state index in [9.17, 15) is 13.2 Å². The molecule has 34 heavy (non-hydrogen) atoms. The summed E-state index contributed by atoms with van der Waals surface area (Å²) in [5.41, 5.74) is 0. The summed E-state index contributed by atoms with van der Waals surface area (Å²) < 4.78 is 39.0. The standard InChI is InChI=1S/C21H27Cl3N4O5S/c22-16-11-18(23)21(19(24)12-16)34(30,31)28-9-10-32-13-17(28)14-33-15-20(29)27-7-5-26(6-8-27)4-2-1-3-25/h11-12,17H,1-2,4-10,13-15H2/t17-/m0/s1. The fourth-order valence-electron chi connectivity index (χ4n) is 3.96. The zero-order chi connectivity index (χ0) is 24.7. The predicted octanol–water partition coefficient (Wildman–Crippen LogP) is 2.50. The number of nitrogens with zero attached hydrogens (tertiary/aromatic N) is 4. The number of unbranched alkanes of at least 4 members (excludes halogenated alkanes) is 1. The summed E-state index contributed by atoms with van der Waals surface area (Å²) in [6, 6.07) is 4.16. The molecule has 2 saturated heterocycles. The van der Waals surface area contributed by atoms with E-state index < -0.39 is 16.1 Å². The summed E-state index contributed by atoms with van der Waals surface area (Å²) in [5, 5.41) is 8.75. The van der Waals surface area contributed by atoms with Crippen LogP contribution in [-0.2, 0) is 24.3 Å². The minimum Gasteiger partial charge on any atom is -0.378 e. The third kappa shape index (κ3) is 6.95. The van der Waals surface area contributed by atoms with Crippen molar-refractivity contribution in [2.75, 3.05) is 65.7 Å². The fraction of sp³-hybridized carbons (Fsp3) is 0.619. The van der Waals surface area contributed by atoms with E-state index in [2.05, 4.69) is 11.0 Å². The van der Waals surface area contributed by atoms with E-state index in [1.807, 2.05) is 0 Å². The number of ether oxygens (including phenoxy) is 2. The number of nitriles is 1. The molecule has 0 unspecified atom stereocenters. The van der Waals surface area contributed by atoms with E-state index in [1.54, 1.807) is 4.90 Å². The van der Waals surface area contributed by atoms with E-state index in [0.717, 1.165) is 26.1 Å². The Morgan fingerprint density at radius 1 is 1.15 bits per heavy atom. The molecule has 1 aromatic rings. The molecule has 9 nitrogen and oxygen atoms in total. The molecule has 0 spiro atoms. The lowest BCUT2D eigenvalue weighted by Gasteiger charge is -2.36. The molecular formula is C21H27Cl3N4O5S. The zero-order valence-electron chi connectivity index (χ0n) is 18.6. The van der Waals surface area contributed by atoms with Gasteiger partial charge in [-0.1, -0.05) is 34.8 Å². The topological polar surface area (TPSA) is 103 Å². The van der Waals surface area contributed by atoms with Crippen LogP contribution >= 0.6 is 34.8 Å². The second kappa shape index (κ2) is 12.7. The smallest absolute Gasteiger partial charge is 0.248 e. The van der Waals surface area contributed by atoms with Crippen LogP contribution in [-0.4, -0.2) is 100 Å². The number of amides is 1. The van der Waals surface area contributed by atoms with Crippen LogP contribution in [0.1, 0.15) is 12.8 Å². The molecular weight excluding hydrogens is 527 g/mol. The van der Waals surface area contributed by atoms with Crippen molar-refractivity contribution in [3.63, 3.8) is 0 Å². The van der Waals surface area contributed by atoms with Gasteiger partial charge in [-0.25, -0.2) is 8.42 Å². The summed E-state index contributed by atoms with van der Waals surface area (Å²) >= 11 is 18.2. The van der Waals surface area contributed by atoms with Gasteiger partial charge in [0.2, 0.25) is 15.9 Å². The number of hydrogen-bond acceptors (Lipinski definition) is 7. The lowest BCUT2D eigenvalue weighted by atomic mass is 10.2. The Labute approximate surface area is 215 Å². The van der Waals surface area contributed by atoms with Crippen LogP contribution in [0.15, 0.2) is 17.0 Å². The fourth-order valence-corrected chi connectivity index (χ4v) is 7.03. The number of carbonyl (C=O) groups excluding carboxylic acids is 1. The van der Waals surface area contributed by atoms with E-state index >= 15 is 0 Å². The highest BCUT2D eigenvalue weighted by molar-refractivity contribution is 7.89. The van der Waals surface area contributed by atoms with E-state index in [4.69, 9.17) is 49.5 Å². The van der Waals surface area contributed by atoms with E-state index in [1.165, 1.54) is 16.4 Å². The first kappa shape index (κ1) is 27.4. The highest BCUT2D eigenvalue weighted by Crippen LogP contribution is 2.35. The number of halogens is 3. The van der Waals surface area contributed by atoms with Gasteiger partial charge >= 0.3 is 0 Å². The molecule has 0 saturated carbocycles. The summed E-state index contributed by atoms with van der Waals surface area (Å²) in [4.78, 5) is 16.3. The van der Waals surface area contributed by atoms with Gasteiger partial charge in [0.1, 0.15) is 11.5 Å². The van der Waals surface area contributed by atoms with Gasteiger partial charge in [-0.2, -0.15) is 9.57 Å². The summed E-state index contributed by atoms with van der Waals surface area (Å²) in [6.45, 7) is 3.82. The number of morpholine rings is 1. The molecule has 1 aromatic carbocycles. The second-order valence-electron chi connectivity index (χ2n) is 8.04. The minimum absolute atomic E-state index is 0.0120. The van der Waals surface area contributed by atoms with Gasteiger partial charge in [0.25, 0.3) is 0 Å². The summed E-state index contributed by atoms with van der Waals surface area (Å²) in [5.74, 6) is -0.147. The zero-order valence-corrected chi connectivity index (χ0v) is 21.7. The number of hydrogen-bond donors (Lipinski definition) is 0. The first-order valence-corrected chi connectivity index (χ1v) is 13.5. The number of carbonyl (C=O) groups is 1. The highest BCUT2D eigenvalue weighted by atomic mass is 35.5. The minimum atomic E-state index is -4.05. The van der Waals surface area contributed by atoms with Crippen LogP contribution in [0.2, 0.25) is 15.1 Å². The van der Waals surface area contributed by atoms with Crippen molar-refractivity contribution < 1.29 is 22.7 Å². The van der Waals surface area contributed by atoms with Gasteiger partial charge in [-0.15, -0.1) is 0 Å². The van der Waals surface area contributed by atoms with E-state index in [-0.39, 0.29) is 58.8 Å². The Morgan fingerprint density at radius 2 is 1.82 bits per heavy atom. The largest absolute Gasteiger partial charge is 0.378 e. The molecule has 0 aromatic heterocycles. The molecule has 1 atom stereocenters. The van der Waals surface area contributed by atoms with Crippen molar-refractivity contribution in [2.24, 2.45) is 0 Å². The normalized spacial score (nSPS) is 20.3. The quantitative estimate of drug-likeness (QED) is 0.433. The van der Waals surface area contributed by atoms with Gasteiger partial charge < -0.3 is 14.4 Å². The molecule has 0 aliphatic carbocycles. The van der Waals surface area contributed by atoms with Crippen LogP contribution in [0.3, 0.4) is 0 Å². The molecule has 2 fully saturated rings. The van der Waals surface area contributed by atoms with Gasteiger partial charge in [-0.05, 0) is 25.1 Å². The van der Waals surface area contributed by atoms with Crippen LogP contribution in [0.4, 0.5) is 0 Å². The van der Waals surface area contributed by atoms with Gasteiger partial charge in [0.15, 0.2) is 0 Å². The summed E-state index contributed by atoms with van der Waals surface area (Å²) in [7, 11) is -4.05. The van der Waals surface area contributed by atoms with Crippen molar-refractivity contribution in [3.05, 3.63) is 27.2 Å². The molecule has 2 heterocycles. The Balaban J connectivity index is 1.54. The lowest BCUT2D eigenvalue weighted by molar-refractivity contribution is -0.138. The maximum absolute atomic E-state index is 13.3. The van der Waals surface area contributed by atoms with Crippen LogP contribution in [0, 0.1) is 11.3 Å². The molecule has 3 rings (SSSR count). The van der Waals surface area contributed by atoms with Crippen molar-refractivity contribution in [1.82, 2.24) is 14.1 Å².